The van der Waals surface area contributed by atoms with Gasteiger partial charge in [-0.3, -0.25) is 4.79 Å². The third kappa shape index (κ3) is 4.19. The number of hydrogen-bond acceptors (Lipinski definition) is 5. The van der Waals surface area contributed by atoms with Crippen molar-refractivity contribution in [1.82, 2.24) is 9.97 Å². The highest BCUT2D eigenvalue weighted by atomic mass is 19.1. The van der Waals surface area contributed by atoms with E-state index in [0.29, 0.717) is 23.6 Å². The number of anilines is 2. The van der Waals surface area contributed by atoms with Crippen LogP contribution in [0.15, 0.2) is 60.9 Å². The quantitative estimate of drug-likeness (QED) is 0.738. The van der Waals surface area contributed by atoms with Gasteiger partial charge in [-0.1, -0.05) is 24.3 Å². The van der Waals surface area contributed by atoms with Crippen molar-refractivity contribution in [2.75, 3.05) is 10.6 Å². The average Bonchev–Trinajstić information content (AvgIpc) is 2.68. The minimum atomic E-state index is -0.445. The van der Waals surface area contributed by atoms with E-state index in [1.165, 1.54) is 24.5 Å². The summed E-state index contributed by atoms with van der Waals surface area (Å²) in [4.78, 5) is 20.4. The van der Waals surface area contributed by atoms with E-state index in [2.05, 4.69) is 20.6 Å². The number of nitriles is 1. The molecule has 2 N–H and O–H groups in total. The Bertz CT molecular complexity index is 966. The molecular weight excluding hydrogens is 333 g/mol. The summed E-state index contributed by atoms with van der Waals surface area (Å²) in [6.07, 6.45) is 1.28. The van der Waals surface area contributed by atoms with E-state index < -0.39 is 5.91 Å². The number of rotatable bonds is 5. The number of aromatic nitrogens is 2. The molecule has 0 aliphatic heterocycles. The van der Waals surface area contributed by atoms with Gasteiger partial charge in [0.2, 0.25) is 0 Å². The molecule has 2 aromatic carbocycles. The van der Waals surface area contributed by atoms with Gasteiger partial charge < -0.3 is 10.6 Å². The Morgan fingerprint density at radius 2 is 1.88 bits per heavy atom. The van der Waals surface area contributed by atoms with E-state index in [-0.39, 0.29) is 11.5 Å². The summed E-state index contributed by atoms with van der Waals surface area (Å²) < 4.78 is 12.9. The smallest absolute Gasteiger partial charge is 0.274 e. The Morgan fingerprint density at radius 3 is 2.65 bits per heavy atom. The standard InChI is InChI=1S/C19H14FN5O/c20-15-7-5-13(6-8-15)11-22-18-9-17(23-12-24-18)19(26)25-16-4-2-1-3-14(16)10-21/h1-9,12H,11H2,(H,25,26)(H,22,23,24). The van der Waals surface area contributed by atoms with Gasteiger partial charge in [0.05, 0.1) is 11.3 Å². The number of nitrogens with zero attached hydrogens (tertiary/aromatic N) is 3. The van der Waals surface area contributed by atoms with Crippen LogP contribution in [0, 0.1) is 17.1 Å². The maximum absolute atomic E-state index is 12.9. The number of para-hydroxylation sites is 1. The van der Waals surface area contributed by atoms with Crippen molar-refractivity contribution < 1.29 is 9.18 Å². The second-order valence-corrected chi connectivity index (χ2v) is 5.38. The molecule has 6 nitrogen and oxygen atoms in total. The van der Waals surface area contributed by atoms with Crippen LogP contribution in [-0.2, 0) is 6.54 Å². The summed E-state index contributed by atoms with van der Waals surface area (Å²) in [6, 6.07) is 16.3. The minimum absolute atomic E-state index is 0.161. The van der Waals surface area contributed by atoms with E-state index >= 15 is 0 Å². The van der Waals surface area contributed by atoms with Crippen LogP contribution >= 0.6 is 0 Å². The average molecular weight is 347 g/mol. The van der Waals surface area contributed by atoms with Crippen molar-refractivity contribution in [2.24, 2.45) is 0 Å². The number of carbonyl (C=O) groups excluding carboxylic acids is 1. The van der Waals surface area contributed by atoms with Crippen molar-refractivity contribution in [3.05, 3.63) is 83.6 Å². The second kappa shape index (κ2) is 7.85. The highest BCUT2D eigenvalue weighted by molar-refractivity contribution is 6.03. The molecule has 0 fully saturated rings. The van der Waals surface area contributed by atoms with Crippen molar-refractivity contribution in [2.45, 2.75) is 6.54 Å². The molecular formula is C19H14FN5O. The lowest BCUT2D eigenvalue weighted by Gasteiger charge is -2.08. The third-order valence-electron chi connectivity index (χ3n) is 3.58. The molecule has 0 spiro atoms. The number of benzene rings is 2. The molecule has 7 heteroatoms. The lowest BCUT2D eigenvalue weighted by Crippen LogP contribution is -2.15. The number of hydrogen-bond donors (Lipinski definition) is 2. The van der Waals surface area contributed by atoms with Crippen LogP contribution < -0.4 is 10.6 Å². The zero-order valence-corrected chi connectivity index (χ0v) is 13.6. The fourth-order valence-corrected chi connectivity index (χ4v) is 2.25. The van der Waals surface area contributed by atoms with Crippen molar-refractivity contribution in [3.63, 3.8) is 0 Å². The van der Waals surface area contributed by atoms with Crippen LogP contribution in [-0.4, -0.2) is 15.9 Å². The molecule has 128 valence electrons. The van der Waals surface area contributed by atoms with Gasteiger partial charge in [-0.15, -0.1) is 0 Å². The first-order valence-electron chi connectivity index (χ1n) is 7.76. The molecule has 0 saturated heterocycles. The Labute approximate surface area is 149 Å². The van der Waals surface area contributed by atoms with Gasteiger partial charge >= 0.3 is 0 Å². The van der Waals surface area contributed by atoms with Crippen molar-refractivity contribution >= 4 is 17.4 Å². The fraction of sp³-hybridized carbons (Fsp3) is 0.0526. The molecule has 1 aromatic heterocycles. The monoisotopic (exact) mass is 347 g/mol. The van der Waals surface area contributed by atoms with Gasteiger partial charge in [0.15, 0.2) is 0 Å². The molecule has 0 aliphatic rings. The second-order valence-electron chi connectivity index (χ2n) is 5.38. The number of amides is 1. The van der Waals surface area contributed by atoms with Crippen LogP contribution in [0.25, 0.3) is 0 Å². The Kier molecular flexibility index (Phi) is 5.15. The summed E-state index contributed by atoms with van der Waals surface area (Å²) in [5, 5.41) is 14.8. The molecule has 3 rings (SSSR count). The van der Waals surface area contributed by atoms with Crippen LogP contribution in [0.5, 0.6) is 0 Å². The normalized spacial score (nSPS) is 10.0. The summed E-state index contributed by atoms with van der Waals surface area (Å²) in [7, 11) is 0. The highest BCUT2D eigenvalue weighted by Crippen LogP contribution is 2.15. The zero-order chi connectivity index (χ0) is 18.4. The summed E-state index contributed by atoms with van der Waals surface area (Å²) in [5.41, 5.74) is 1.82. The summed E-state index contributed by atoms with van der Waals surface area (Å²) >= 11 is 0. The molecule has 0 radical (unpaired) electrons. The first kappa shape index (κ1) is 17.0. The lowest BCUT2D eigenvalue weighted by atomic mass is 10.2. The van der Waals surface area contributed by atoms with E-state index in [1.807, 2.05) is 6.07 Å². The first-order chi connectivity index (χ1) is 12.7. The topological polar surface area (TPSA) is 90.7 Å². The third-order valence-corrected chi connectivity index (χ3v) is 3.58. The van der Waals surface area contributed by atoms with Crippen LogP contribution in [0.4, 0.5) is 15.9 Å². The van der Waals surface area contributed by atoms with Gasteiger partial charge in [-0.2, -0.15) is 5.26 Å². The van der Waals surface area contributed by atoms with Crippen LogP contribution in [0.1, 0.15) is 21.6 Å². The fourth-order valence-electron chi connectivity index (χ4n) is 2.25. The molecule has 0 unspecified atom stereocenters. The van der Waals surface area contributed by atoms with E-state index in [0.717, 1.165) is 5.56 Å². The highest BCUT2D eigenvalue weighted by Gasteiger charge is 2.11. The molecule has 0 saturated carbocycles. The van der Waals surface area contributed by atoms with Gasteiger partial charge in [0.1, 0.15) is 29.7 Å². The van der Waals surface area contributed by atoms with E-state index in [9.17, 15) is 9.18 Å². The van der Waals surface area contributed by atoms with Crippen molar-refractivity contribution in [3.8, 4) is 6.07 Å². The maximum Gasteiger partial charge on any atom is 0.274 e. The number of halogens is 1. The van der Waals surface area contributed by atoms with Gasteiger partial charge in [0, 0.05) is 12.6 Å². The predicted molar refractivity (Wildman–Crippen MR) is 94.9 cm³/mol. The lowest BCUT2D eigenvalue weighted by molar-refractivity contribution is 0.102. The molecule has 26 heavy (non-hydrogen) atoms. The minimum Gasteiger partial charge on any atom is -0.366 e. The summed E-state index contributed by atoms with van der Waals surface area (Å²) in [6.45, 7) is 0.426. The predicted octanol–water partition coefficient (Wildman–Crippen LogP) is 3.35. The van der Waals surface area contributed by atoms with Crippen LogP contribution in [0.3, 0.4) is 0 Å². The van der Waals surface area contributed by atoms with E-state index in [4.69, 9.17) is 5.26 Å². The van der Waals surface area contributed by atoms with Gasteiger partial charge in [-0.25, -0.2) is 14.4 Å². The molecule has 0 aliphatic carbocycles. The molecule has 0 bridgehead atoms. The van der Waals surface area contributed by atoms with Gasteiger partial charge in [0.25, 0.3) is 5.91 Å². The molecule has 3 aromatic rings. The number of carbonyl (C=O) groups is 1. The number of nitrogens with one attached hydrogen (secondary N) is 2. The molecule has 0 atom stereocenters. The van der Waals surface area contributed by atoms with Crippen LogP contribution in [0.2, 0.25) is 0 Å². The Hall–Kier alpha value is -3.79. The largest absolute Gasteiger partial charge is 0.366 e. The van der Waals surface area contributed by atoms with Gasteiger partial charge in [-0.05, 0) is 29.8 Å². The first-order valence-corrected chi connectivity index (χ1v) is 7.76. The van der Waals surface area contributed by atoms with Crippen molar-refractivity contribution in [1.29, 1.82) is 5.26 Å². The van der Waals surface area contributed by atoms with E-state index in [1.54, 1.807) is 36.4 Å². The zero-order valence-electron chi connectivity index (χ0n) is 13.6. The molecule has 1 amide bonds. The molecule has 1 heterocycles. The Morgan fingerprint density at radius 1 is 1.12 bits per heavy atom. The maximum atomic E-state index is 12.9. The summed E-state index contributed by atoms with van der Waals surface area (Å²) in [5.74, 6) is -0.282. The Balaban J connectivity index is 1.69. The SMILES string of the molecule is N#Cc1ccccc1NC(=O)c1cc(NCc2ccc(F)cc2)ncn1.